The summed E-state index contributed by atoms with van der Waals surface area (Å²) in [6, 6.07) is 5.05. The number of hydrogen-bond acceptors (Lipinski definition) is 1. The Kier molecular flexibility index (Phi) is 3.15. The van der Waals surface area contributed by atoms with Crippen LogP contribution in [-0.4, -0.2) is 0 Å². The summed E-state index contributed by atoms with van der Waals surface area (Å²) < 4.78 is 13.6. The maximum absolute atomic E-state index is 13.6. The summed E-state index contributed by atoms with van der Waals surface area (Å²) in [7, 11) is 0. The highest BCUT2D eigenvalue weighted by molar-refractivity contribution is 5.29. The smallest absolute Gasteiger partial charge is 0.123 e. The van der Waals surface area contributed by atoms with Crippen LogP contribution in [0.1, 0.15) is 62.1 Å². The summed E-state index contributed by atoms with van der Waals surface area (Å²) in [6.45, 7) is 2.05. The van der Waals surface area contributed by atoms with Crippen molar-refractivity contribution in [2.45, 2.75) is 57.9 Å². The quantitative estimate of drug-likeness (QED) is 0.853. The molecule has 1 aromatic carbocycles. The number of hydrogen-bond donors (Lipinski definition) is 1. The lowest BCUT2D eigenvalue weighted by molar-refractivity contribution is -0.0605. The van der Waals surface area contributed by atoms with Gasteiger partial charge in [-0.05, 0) is 98.3 Å². The molecule has 114 valence electrons. The molecule has 0 heterocycles. The van der Waals surface area contributed by atoms with E-state index in [0.29, 0.717) is 5.41 Å². The predicted molar refractivity (Wildman–Crippen MR) is 83.3 cm³/mol. The van der Waals surface area contributed by atoms with Crippen LogP contribution < -0.4 is 5.73 Å². The van der Waals surface area contributed by atoms with E-state index < -0.39 is 0 Å². The molecule has 0 radical (unpaired) electrons. The first-order valence-electron chi connectivity index (χ1n) is 8.55. The van der Waals surface area contributed by atoms with Crippen LogP contribution in [0, 0.1) is 35.9 Å². The second-order valence-corrected chi connectivity index (χ2v) is 8.23. The minimum Gasteiger partial charge on any atom is -0.324 e. The Bertz CT molecular complexity index is 515. The molecule has 1 aromatic rings. The van der Waals surface area contributed by atoms with E-state index in [0.717, 1.165) is 35.3 Å². The maximum Gasteiger partial charge on any atom is 0.123 e. The SMILES string of the molecule is Cc1ccc(F)cc1C(N)CC12CC3CC(CC(C3)C1)C2. The molecule has 5 rings (SSSR count). The van der Waals surface area contributed by atoms with Gasteiger partial charge >= 0.3 is 0 Å². The summed E-state index contributed by atoms with van der Waals surface area (Å²) >= 11 is 0. The van der Waals surface area contributed by atoms with Crippen molar-refractivity contribution in [3.05, 3.63) is 35.1 Å². The van der Waals surface area contributed by atoms with Gasteiger partial charge in [-0.3, -0.25) is 0 Å². The third kappa shape index (κ3) is 2.42. The van der Waals surface area contributed by atoms with Crippen molar-refractivity contribution >= 4 is 0 Å². The van der Waals surface area contributed by atoms with Crippen LogP contribution in [0.25, 0.3) is 0 Å². The lowest BCUT2D eigenvalue weighted by Gasteiger charge is -2.57. The second-order valence-electron chi connectivity index (χ2n) is 8.23. The van der Waals surface area contributed by atoms with Gasteiger partial charge in [0.25, 0.3) is 0 Å². The highest BCUT2D eigenvalue weighted by Gasteiger charge is 2.51. The van der Waals surface area contributed by atoms with Crippen LogP contribution in [0.4, 0.5) is 4.39 Å². The van der Waals surface area contributed by atoms with Crippen molar-refractivity contribution in [3.63, 3.8) is 0 Å². The highest BCUT2D eigenvalue weighted by Crippen LogP contribution is 2.62. The molecular formula is C19H26FN. The number of rotatable bonds is 3. The van der Waals surface area contributed by atoms with Crippen LogP contribution in [-0.2, 0) is 0 Å². The number of nitrogens with two attached hydrogens (primary N) is 1. The predicted octanol–water partition coefficient (Wildman–Crippen LogP) is 4.74. The summed E-state index contributed by atoms with van der Waals surface area (Å²) in [4.78, 5) is 0. The monoisotopic (exact) mass is 287 g/mol. The van der Waals surface area contributed by atoms with E-state index in [4.69, 9.17) is 5.73 Å². The van der Waals surface area contributed by atoms with Crippen LogP contribution >= 0.6 is 0 Å². The molecule has 0 saturated heterocycles. The molecule has 2 heteroatoms. The van der Waals surface area contributed by atoms with Crippen molar-refractivity contribution in [2.75, 3.05) is 0 Å². The molecular weight excluding hydrogens is 261 g/mol. The van der Waals surface area contributed by atoms with E-state index in [1.807, 2.05) is 13.0 Å². The third-order valence-corrected chi connectivity index (χ3v) is 6.46. The number of halogens is 1. The Balaban J connectivity index is 1.56. The van der Waals surface area contributed by atoms with Crippen LogP contribution in [0.5, 0.6) is 0 Å². The van der Waals surface area contributed by atoms with E-state index in [2.05, 4.69) is 0 Å². The lowest BCUT2D eigenvalue weighted by Crippen LogP contribution is -2.47. The molecule has 1 unspecified atom stereocenters. The van der Waals surface area contributed by atoms with Gasteiger partial charge in [0, 0.05) is 6.04 Å². The normalized spacial score (nSPS) is 38.7. The zero-order valence-electron chi connectivity index (χ0n) is 12.9. The molecule has 0 spiro atoms. The van der Waals surface area contributed by atoms with Crippen LogP contribution in [0.3, 0.4) is 0 Å². The standard InChI is InChI=1S/C19H26FN/c1-12-2-3-16(20)7-17(12)18(21)11-19-8-13-4-14(9-19)6-15(5-13)10-19/h2-3,7,13-15,18H,4-6,8-11,21H2,1H3. The molecule has 2 N–H and O–H groups in total. The average molecular weight is 287 g/mol. The van der Waals surface area contributed by atoms with Gasteiger partial charge in [0.1, 0.15) is 5.82 Å². The largest absolute Gasteiger partial charge is 0.324 e. The zero-order valence-corrected chi connectivity index (χ0v) is 12.9. The Labute approximate surface area is 127 Å². The lowest BCUT2D eigenvalue weighted by atomic mass is 9.48. The Morgan fingerprint density at radius 2 is 1.71 bits per heavy atom. The minimum absolute atomic E-state index is 0.00282. The van der Waals surface area contributed by atoms with Crippen molar-refractivity contribution in [1.29, 1.82) is 0 Å². The van der Waals surface area contributed by atoms with Gasteiger partial charge in [-0.2, -0.15) is 0 Å². The van der Waals surface area contributed by atoms with Gasteiger partial charge in [-0.25, -0.2) is 4.39 Å². The van der Waals surface area contributed by atoms with Gasteiger partial charge in [-0.15, -0.1) is 0 Å². The fourth-order valence-electron chi connectivity index (χ4n) is 6.13. The average Bonchev–Trinajstić information content (AvgIpc) is 2.39. The van der Waals surface area contributed by atoms with Gasteiger partial charge in [0.15, 0.2) is 0 Å². The second kappa shape index (κ2) is 4.81. The van der Waals surface area contributed by atoms with E-state index in [-0.39, 0.29) is 11.9 Å². The molecule has 21 heavy (non-hydrogen) atoms. The molecule has 0 aromatic heterocycles. The molecule has 4 bridgehead atoms. The first-order valence-corrected chi connectivity index (χ1v) is 8.55. The van der Waals surface area contributed by atoms with Gasteiger partial charge in [0.05, 0.1) is 0 Å². The summed E-state index contributed by atoms with van der Waals surface area (Å²) in [6.07, 6.45) is 9.58. The molecule has 1 atom stereocenters. The first-order chi connectivity index (χ1) is 10.0. The Hall–Kier alpha value is -0.890. The number of aryl methyl sites for hydroxylation is 1. The topological polar surface area (TPSA) is 26.0 Å². The molecule has 4 fully saturated rings. The van der Waals surface area contributed by atoms with Crippen molar-refractivity contribution in [1.82, 2.24) is 0 Å². The van der Waals surface area contributed by atoms with Crippen LogP contribution in [0.15, 0.2) is 18.2 Å². The molecule has 1 nitrogen and oxygen atoms in total. The molecule has 0 aliphatic heterocycles. The first kappa shape index (κ1) is 13.8. The van der Waals surface area contributed by atoms with E-state index in [1.165, 1.54) is 44.6 Å². The zero-order chi connectivity index (χ0) is 14.6. The summed E-state index contributed by atoms with van der Waals surface area (Å²) in [5.74, 6) is 2.71. The van der Waals surface area contributed by atoms with Gasteiger partial charge < -0.3 is 5.73 Å². The molecule has 4 aliphatic rings. The fourth-order valence-corrected chi connectivity index (χ4v) is 6.13. The Morgan fingerprint density at radius 3 is 2.29 bits per heavy atom. The van der Waals surface area contributed by atoms with Crippen molar-refractivity contribution in [2.24, 2.45) is 28.9 Å². The van der Waals surface area contributed by atoms with E-state index in [1.54, 1.807) is 6.07 Å². The van der Waals surface area contributed by atoms with Gasteiger partial charge in [-0.1, -0.05) is 6.07 Å². The molecule has 0 amide bonds. The fraction of sp³-hybridized carbons (Fsp3) is 0.684. The van der Waals surface area contributed by atoms with Crippen molar-refractivity contribution in [3.8, 4) is 0 Å². The number of benzene rings is 1. The van der Waals surface area contributed by atoms with E-state index >= 15 is 0 Å². The third-order valence-electron chi connectivity index (χ3n) is 6.46. The summed E-state index contributed by atoms with van der Waals surface area (Å²) in [5, 5.41) is 0. The highest BCUT2D eigenvalue weighted by atomic mass is 19.1. The maximum atomic E-state index is 13.6. The van der Waals surface area contributed by atoms with Crippen LogP contribution in [0.2, 0.25) is 0 Å². The Morgan fingerprint density at radius 1 is 1.14 bits per heavy atom. The van der Waals surface area contributed by atoms with E-state index in [9.17, 15) is 4.39 Å². The molecule has 4 aliphatic carbocycles. The summed E-state index contributed by atoms with van der Waals surface area (Å²) in [5.41, 5.74) is 9.14. The van der Waals surface area contributed by atoms with Gasteiger partial charge in [0.2, 0.25) is 0 Å². The van der Waals surface area contributed by atoms with Crippen molar-refractivity contribution < 1.29 is 4.39 Å². The molecule has 4 saturated carbocycles. The minimum atomic E-state index is -0.156.